The number of amides is 1. The number of unbranched alkanes of at least 4 members (excludes halogenated alkanes) is 2. The van der Waals surface area contributed by atoms with Crippen molar-refractivity contribution < 1.29 is 4.79 Å². The van der Waals surface area contributed by atoms with Gasteiger partial charge in [0.1, 0.15) is 0 Å². The zero-order chi connectivity index (χ0) is 11.8. The Hall–Kier alpha value is -1.01. The smallest absolute Gasteiger partial charge is 0.222 e. The number of hydrogen-bond donors (Lipinski definition) is 1. The van der Waals surface area contributed by atoms with Crippen molar-refractivity contribution >= 4 is 5.91 Å². The van der Waals surface area contributed by atoms with Gasteiger partial charge in [0, 0.05) is 32.5 Å². The summed E-state index contributed by atoms with van der Waals surface area (Å²) in [5.41, 5.74) is 0. The van der Waals surface area contributed by atoms with E-state index in [1.807, 2.05) is 11.9 Å². The molecule has 1 aliphatic rings. The first-order valence-corrected chi connectivity index (χ1v) is 6.15. The molecular weight excluding hydrogens is 200 g/mol. The van der Waals surface area contributed by atoms with Gasteiger partial charge in [0.05, 0.1) is 0 Å². The van der Waals surface area contributed by atoms with Crippen LogP contribution in [0, 0.1) is 12.3 Å². The number of carbonyl (C=O) groups excluding carboxylic acids is 1. The fourth-order valence-corrected chi connectivity index (χ4v) is 2.04. The molecule has 1 amide bonds. The summed E-state index contributed by atoms with van der Waals surface area (Å²) in [7, 11) is 1.89. The second-order valence-electron chi connectivity index (χ2n) is 4.48. The lowest BCUT2D eigenvalue weighted by Crippen LogP contribution is -2.38. The van der Waals surface area contributed by atoms with Gasteiger partial charge in [0.15, 0.2) is 0 Å². The van der Waals surface area contributed by atoms with E-state index < -0.39 is 0 Å². The van der Waals surface area contributed by atoms with Crippen LogP contribution in [0.25, 0.3) is 0 Å². The molecule has 90 valence electrons. The van der Waals surface area contributed by atoms with Gasteiger partial charge in [-0.05, 0) is 32.2 Å². The van der Waals surface area contributed by atoms with Crippen LogP contribution in [0.4, 0.5) is 0 Å². The van der Waals surface area contributed by atoms with E-state index in [0.29, 0.717) is 12.5 Å². The average molecular weight is 222 g/mol. The molecule has 0 aromatic rings. The second kappa shape index (κ2) is 7.29. The highest BCUT2D eigenvalue weighted by atomic mass is 16.2. The molecule has 0 radical (unpaired) electrons. The normalized spacial score (nSPS) is 19.4. The maximum absolute atomic E-state index is 11.7. The minimum absolute atomic E-state index is 0.241. The van der Waals surface area contributed by atoms with Crippen molar-refractivity contribution in [3.05, 3.63) is 0 Å². The maximum Gasteiger partial charge on any atom is 0.222 e. The summed E-state index contributed by atoms with van der Waals surface area (Å²) in [5.74, 6) is 2.84. The van der Waals surface area contributed by atoms with Crippen molar-refractivity contribution in [1.29, 1.82) is 0 Å². The Bertz CT molecular complexity index is 251. The Morgan fingerprint density at radius 1 is 1.56 bits per heavy atom. The Kier molecular flexibility index (Phi) is 5.95. The molecule has 0 spiro atoms. The average Bonchev–Trinajstić information content (AvgIpc) is 2.76. The van der Waals surface area contributed by atoms with Gasteiger partial charge in [0.2, 0.25) is 5.91 Å². The van der Waals surface area contributed by atoms with Crippen LogP contribution in [0.5, 0.6) is 0 Å². The van der Waals surface area contributed by atoms with Crippen molar-refractivity contribution in [3.8, 4) is 12.3 Å². The summed E-state index contributed by atoms with van der Waals surface area (Å²) in [6, 6.07) is 0.500. The Morgan fingerprint density at radius 2 is 2.38 bits per heavy atom. The fraction of sp³-hybridized carbons (Fsp3) is 0.769. The highest BCUT2D eigenvalue weighted by Crippen LogP contribution is 2.08. The minimum atomic E-state index is 0.241. The van der Waals surface area contributed by atoms with Crippen molar-refractivity contribution in [3.63, 3.8) is 0 Å². The number of nitrogens with zero attached hydrogens (tertiary/aromatic N) is 1. The van der Waals surface area contributed by atoms with Crippen LogP contribution >= 0.6 is 0 Å². The molecule has 0 bridgehead atoms. The van der Waals surface area contributed by atoms with E-state index >= 15 is 0 Å². The lowest BCUT2D eigenvalue weighted by Gasteiger charge is -2.21. The third-order valence-corrected chi connectivity index (χ3v) is 3.04. The molecule has 1 N–H and O–H groups in total. The van der Waals surface area contributed by atoms with Gasteiger partial charge in [-0.25, -0.2) is 0 Å². The lowest BCUT2D eigenvalue weighted by atomic mass is 10.1. The molecule has 1 heterocycles. The van der Waals surface area contributed by atoms with E-state index in [0.717, 1.165) is 32.4 Å². The molecule has 1 atom stereocenters. The van der Waals surface area contributed by atoms with Crippen molar-refractivity contribution in [2.45, 2.75) is 44.6 Å². The van der Waals surface area contributed by atoms with Gasteiger partial charge in [-0.15, -0.1) is 12.3 Å². The van der Waals surface area contributed by atoms with E-state index in [1.165, 1.54) is 12.8 Å². The number of hydrogen-bond acceptors (Lipinski definition) is 2. The molecule has 0 aliphatic carbocycles. The van der Waals surface area contributed by atoms with Gasteiger partial charge in [-0.3, -0.25) is 4.79 Å². The molecule has 1 saturated heterocycles. The molecule has 1 rings (SSSR count). The SMILES string of the molecule is C#CCCCCC(=O)N(C)CC1CCCN1. The molecule has 1 fully saturated rings. The van der Waals surface area contributed by atoms with Crippen LogP contribution in [-0.2, 0) is 4.79 Å². The van der Waals surface area contributed by atoms with Crippen molar-refractivity contribution in [1.82, 2.24) is 10.2 Å². The van der Waals surface area contributed by atoms with Gasteiger partial charge in [-0.1, -0.05) is 0 Å². The third-order valence-electron chi connectivity index (χ3n) is 3.04. The lowest BCUT2D eigenvalue weighted by molar-refractivity contribution is -0.130. The number of terminal acetylenes is 1. The van der Waals surface area contributed by atoms with Gasteiger partial charge in [-0.2, -0.15) is 0 Å². The Morgan fingerprint density at radius 3 is 3.00 bits per heavy atom. The van der Waals surface area contributed by atoms with Crippen LogP contribution in [0.15, 0.2) is 0 Å². The quantitative estimate of drug-likeness (QED) is 0.544. The molecule has 0 aromatic heterocycles. The van der Waals surface area contributed by atoms with Crippen LogP contribution in [0.2, 0.25) is 0 Å². The summed E-state index contributed by atoms with van der Waals surface area (Å²) < 4.78 is 0. The van der Waals surface area contributed by atoms with Crippen LogP contribution in [0.1, 0.15) is 38.5 Å². The number of carbonyl (C=O) groups is 1. The molecule has 16 heavy (non-hydrogen) atoms. The first kappa shape index (κ1) is 13.1. The van der Waals surface area contributed by atoms with Gasteiger partial charge in [0.25, 0.3) is 0 Å². The molecule has 3 heteroatoms. The molecule has 0 saturated carbocycles. The molecule has 0 aromatic carbocycles. The van der Waals surface area contributed by atoms with Crippen LogP contribution in [0.3, 0.4) is 0 Å². The minimum Gasteiger partial charge on any atom is -0.344 e. The monoisotopic (exact) mass is 222 g/mol. The number of rotatable bonds is 6. The number of nitrogens with one attached hydrogen (secondary N) is 1. The zero-order valence-corrected chi connectivity index (χ0v) is 10.2. The fourth-order valence-electron chi connectivity index (χ4n) is 2.04. The summed E-state index contributed by atoms with van der Waals surface area (Å²) in [4.78, 5) is 13.6. The van der Waals surface area contributed by atoms with E-state index in [9.17, 15) is 4.79 Å². The summed E-state index contributed by atoms with van der Waals surface area (Å²) in [6.45, 7) is 1.93. The first-order valence-electron chi connectivity index (χ1n) is 6.15. The van der Waals surface area contributed by atoms with Crippen molar-refractivity contribution in [2.75, 3.05) is 20.1 Å². The molecule has 1 aliphatic heterocycles. The highest BCUT2D eigenvalue weighted by Gasteiger charge is 2.18. The predicted molar refractivity (Wildman–Crippen MR) is 66.0 cm³/mol. The largest absolute Gasteiger partial charge is 0.344 e. The molecule has 1 unspecified atom stereocenters. The maximum atomic E-state index is 11.7. The summed E-state index contributed by atoms with van der Waals surface area (Å²) >= 11 is 0. The standard InChI is InChI=1S/C13H22N2O/c1-3-4-5-6-9-13(16)15(2)11-12-8-7-10-14-12/h1,12,14H,4-11H2,2H3. The van der Waals surface area contributed by atoms with E-state index in [-0.39, 0.29) is 5.91 Å². The highest BCUT2D eigenvalue weighted by molar-refractivity contribution is 5.75. The summed E-state index contributed by atoms with van der Waals surface area (Å²) in [5, 5.41) is 3.40. The molecule has 3 nitrogen and oxygen atoms in total. The van der Waals surface area contributed by atoms with Gasteiger partial charge < -0.3 is 10.2 Å². The van der Waals surface area contributed by atoms with E-state index in [2.05, 4.69) is 11.2 Å². The van der Waals surface area contributed by atoms with E-state index in [4.69, 9.17) is 6.42 Å². The van der Waals surface area contributed by atoms with Crippen LogP contribution < -0.4 is 5.32 Å². The Balaban J connectivity index is 2.12. The van der Waals surface area contributed by atoms with Gasteiger partial charge >= 0.3 is 0 Å². The van der Waals surface area contributed by atoms with Crippen LogP contribution in [-0.4, -0.2) is 37.0 Å². The number of likely N-dealkylation sites (N-methyl/N-ethyl adjacent to an activating group) is 1. The topological polar surface area (TPSA) is 32.3 Å². The van der Waals surface area contributed by atoms with Crippen molar-refractivity contribution in [2.24, 2.45) is 0 Å². The Labute approximate surface area is 98.6 Å². The predicted octanol–water partition coefficient (Wildman–Crippen LogP) is 1.39. The first-order chi connectivity index (χ1) is 7.74. The molecular formula is C13H22N2O. The second-order valence-corrected chi connectivity index (χ2v) is 4.48. The van der Waals surface area contributed by atoms with E-state index in [1.54, 1.807) is 0 Å². The summed E-state index contributed by atoms with van der Waals surface area (Å²) in [6.07, 6.45) is 10.9. The third kappa shape index (κ3) is 4.67. The zero-order valence-electron chi connectivity index (χ0n) is 10.2.